The first-order valence-electron chi connectivity index (χ1n) is 12.6. The second-order valence-electron chi connectivity index (χ2n) is 9.67. The number of carbonyl (C=O) groups excluding carboxylic acids is 1. The predicted octanol–water partition coefficient (Wildman–Crippen LogP) is 6.97. The van der Waals surface area contributed by atoms with Crippen LogP contribution in [0.15, 0.2) is 66.2 Å². The molecule has 3 aromatic rings. The number of ether oxygens (including phenoxy) is 1. The van der Waals surface area contributed by atoms with Crippen LogP contribution >= 0.6 is 0 Å². The summed E-state index contributed by atoms with van der Waals surface area (Å²) < 4.78 is 6.18. The predicted molar refractivity (Wildman–Crippen MR) is 145 cm³/mol. The van der Waals surface area contributed by atoms with E-state index >= 15 is 0 Å². The zero-order chi connectivity index (χ0) is 24.4. The Morgan fingerprint density at radius 1 is 0.857 bits per heavy atom. The van der Waals surface area contributed by atoms with E-state index in [0.29, 0.717) is 6.61 Å². The summed E-state index contributed by atoms with van der Waals surface area (Å²) >= 11 is 0. The first-order valence-corrected chi connectivity index (χ1v) is 12.6. The molecular formula is C32H33NO2. The fourth-order valence-corrected chi connectivity index (χ4v) is 5.40. The number of ketones is 1. The van der Waals surface area contributed by atoms with Crippen molar-refractivity contribution in [1.82, 2.24) is 4.90 Å². The Morgan fingerprint density at radius 3 is 1.94 bits per heavy atom. The molecule has 0 radical (unpaired) electrons. The molecule has 0 N–H and O–H groups in total. The number of likely N-dealkylation sites (tertiary alicyclic amines) is 1. The van der Waals surface area contributed by atoms with Crippen LogP contribution in [0.2, 0.25) is 0 Å². The summed E-state index contributed by atoms with van der Waals surface area (Å²) in [6.45, 7) is 9.30. The van der Waals surface area contributed by atoms with E-state index in [0.717, 1.165) is 54.9 Å². The Labute approximate surface area is 208 Å². The number of carbonyl (C=O) groups is 1. The molecule has 0 spiro atoms. The van der Waals surface area contributed by atoms with Gasteiger partial charge in [-0.05, 0) is 84.7 Å². The number of nitrogens with zero attached hydrogens (tertiary/aromatic N) is 1. The SMILES string of the molecule is CC(=O)c1cc(C)c(OCCN2CCC(=C3c4ccccc4C=Cc4ccccc43)CC2)c(C)c1. The molecule has 178 valence electrons. The molecule has 1 aliphatic carbocycles. The summed E-state index contributed by atoms with van der Waals surface area (Å²) in [5.74, 6) is 1.00. The number of aryl methyl sites for hydroxylation is 2. The van der Waals surface area contributed by atoms with Gasteiger partial charge in [0, 0.05) is 25.2 Å². The fraction of sp³-hybridized carbons (Fsp3) is 0.281. The average Bonchev–Trinajstić information content (AvgIpc) is 3.03. The van der Waals surface area contributed by atoms with E-state index in [1.54, 1.807) is 12.5 Å². The number of fused-ring (bicyclic) bond motifs is 2. The molecule has 5 rings (SSSR count). The Bertz CT molecular complexity index is 1250. The third-order valence-electron chi connectivity index (χ3n) is 7.24. The number of piperidine rings is 1. The second kappa shape index (κ2) is 10.1. The highest BCUT2D eigenvalue weighted by Gasteiger charge is 2.22. The van der Waals surface area contributed by atoms with Gasteiger partial charge in [0.2, 0.25) is 0 Å². The fourth-order valence-electron chi connectivity index (χ4n) is 5.40. The first-order chi connectivity index (χ1) is 17.0. The van der Waals surface area contributed by atoms with Crippen molar-refractivity contribution in [2.45, 2.75) is 33.6 Å². The van der Waals surface area contributed by atoms with Crippen molar-refractivity contribution >= 4 is 23.5 Å². The molecule has 3 heteroatoms. The normalized spacial score (nSPS) is 15.4. The summed E-state index contributed by atoms with van der Waals surface area (Å²) in [4.78, 5) is 14.2. The molecule has 1 saturated heterocycles. The second-order valence-corrected chi connectivity index (χ2v) is 9.67. The molecule has 0 bridgehead atoms. The van der Waals surface area contributed by atoms with E-state index in [2.05, 4.69) is 65.6 Å². The van der Waals surface area contributed by atoms with Crippen molar-refractivity contribution in [1.29, 1.82) is 0 Å². The van der Waals surface area contributed by atoms with Crippen LogP contribution in [-0.2, 0) is 0 Å². The maximum Gasteiger partial charge on any atom is 0.159 e. The summed E-state index contributed by atoms with van der Waals surface area (Å²) in [7, 11) is 0. The summed E-state index contributed by atoms with van der Waals surface area (Å²) in [5.41, 5.74) is 11.1. The highest BCUT2D eigenvalue weighted by atomic mass is 16.5. The largest absolute Gasteiger partial charge is 0.492 e. The van der Waals surface area contributed by atoms with Gasteiger partial charge in [0.05, 0.1) is 0 Å². The van der Waals surface area contributed by atoms with Crippen LogP contribution in [0.5, 0.6) is 5.75 Å². The van der Waals surface area contributed by atoms with Crippen molar-refractivity contribution in [2.75, 3.05) is 26.2 Å². The highest BCUT2D eigenvalue weighted by molar-refractivity contribution is 5.95. The number of Topliss-reactive ketones (excluding diaryl/α,β-unsaturated/α-hetero) is 1. The van der Waals surface area contributed by atoms with E-state index in [1.807, 2.05) is 26.0 Å². The molecule has 0 amide bonds. The molecule has 0 saturated carbocycles. The molecule has 35 heavy (non-hydrogen) atoms. The smallest absolute Gasteiger partial charge is 0.159 e. The molecule has 0 unspecified atom stereocenters. The van der Waals surface area contributed by atoms with Gasteiger partial charge in [-0.2, -0.15) is 0 Å². The zero-order valence-corrected chi connectivity index (χ0v) is 20.9. The number of benzene rings is 3. The maximum absolute atomic E-state index is 11.7. The molecular weight excluding hydrogens is 430 g/mol. The van der Waals surface area contributed by atoms with E-state index in [4.69, 9.17) is 4.74 Å². The van der Waals surface area contributed by atoms with Gasteiger partial charge < -0.3 is 4.74 Å². The molecule has 0 aromatic heterocycles. The van der Waals surface area contributed by atoms with Gasteiger partial charge in [-0.25, -0.2) is 0 Å². The monoisotopic (exact) mass is 463 g/mol. The molecule has 1 heterocycles. The van der Waals surface area contributed by atoms with E-state index < -0.39 is 0 Å². The van der Waals surface area contributed by atoms with Crippen LogP contribution in [-0.4, -0.2) is 36.9 Å². The summed E-state index contributed by atoms with van der Waals surface area (Å²) in [6, 6.07) is 21.4. The lowest BCUT2D eigenvalue weighted by Crippen LogP contribution is -2.34. The molecule has 3 aromatic carbocycles. The molecule has 1 fully saturated rings. The minimum atomic E-state index is 0.0932. The first kappa shape index (κ1) is 23.3. The third kappa shape index (κ3) is 4.87. The molecule has 2 aliphatic rings. The van der Waals surface area contributed by atoms with Crippen molar-refractivity contribution in [2.24, 2.45) is 0 Å². The molecule has 1 aliphatic heterocycles. The van der Waals surface area contributed by atoms with Crippen LogP contribution in [0.3, 0.4) is 0 Å². The van der Waals surface area contributed by atoms with Gasteiger partial charge >= 0.3 is 0 Å². The molecule has 0 atom stereocenters. The summed E-state index contributed by atoms with van der Waals surface area (Å²) in [6.07, 6.45) is 6.65. The lowest BCUT2D eigenvalue weighted by Gasteiger charge is -2.30. The van der Waals surface area contributed by atoms with Gasteiger partial charge in [0.15, 0.2) is 5.78 Å². The van der Waals surface area contributed by atoms with Crippen LogP contribution < -0.4 is 4.74 Å². The minimum absolute atomic E-state index is 0.0932. The van der Waals surface area contributed by atoms with E-state index in [1.165, 1.54) is 27.8 Å². The van der Waals surface area contributed by atoms with Crippen molar-refractivity contribution in [3.63, 3.8) is 0 Å². The van der Waals surface area contributed by atoms with Crippen LogP contribution in [0.1, 0.15) is 63.5 Å². The highest BCUT2D eigenvalue weighted by Crippen LogP contribution is 2.38. The maximum atomic E-state index is 11.7. The quantitative estimate of drug-likeness (QED) is 0.299. The zero-order valence-electron chi connectivity index (χ0n) is 20.9. The Kier molecular flexibility index (Phi) is 6.70. The topological polar surface area (TPSA) is 29.5 Å². The Hall–Kier alpha value is -3.43. The van der Waals surface area contributed by atoms with Crippen molar-refractivity contribution in [3.8, 4) is 5.75 Å². The lowest BCUT2D eigenvalue weighted by molar-refractivity contribution is 0.101. The molecule has 3 nitrogen and oxygen atoms in total. The van der Waals surface area contributed by atoms with Gasteiger partial charge in [-0.15, -0.1) is 0 Å². The van der Waals surface area contributed by atoms with Crippen LogP contribution in [0.4, 0.5) is 0 Å². The van der Waals surface area contributed by atoms with Gasteiger partial charge in [0.25, 0.3) is 0 Å². The van der Waals surface area contributed by atoms with Crippen LogP contribution in [0, 0.1) is 13.8 Å². The van der Waals surface area contributed by atoms with E-state index in [9.17, 15) is 4.79 Å². The number of rotatable bonds is 5. The average molecular weight is 464 g/mol. The standard InChI is InChI=1S/C32H33NO2/c1-22-20-28(24(3)34)21-23(2)32(22)35-19-18-33-16-14-27(15-17-33)31-29-10-6-4-8-25(29)12-13-26-9-5-7-11-30(26)31/h4-13,20-21H,14-19H2,1-3H3. The Balaban J connectivity index is 1.29. The number of hydrogen-bond acceptors (Lipinski definition) is 3. The van der Waals surface area contributed by atoms with Gasteiger partial charge in [0.1, 0.15) is 12.4 Å². The Morgan fingerprint density at radius 2 is 1.40 bits per heavy atom. The van der Waals surface area contributed by atoms with Crippen LogP contribution in [0.25, 0.3) is 17.7 Å². The van der Waals surface area contributed by atoms with Crippen molar-refractivity contribution in [3.05, 3.63) is 105 Å². The van der Waals surface area contributed by atoms with Gasteiger partial charge in [-0.1, -0.05) is 66.3 Å². The van der Waals surface area contributed by atoms with Gasteiger partial charge in [-0.3, -0.25) is 9.69 Å². The summed E-state index contributed by atoms with van der Waals surface area (Å²) in [5, 5.41) is 0. The van der Waals surface area contributed by atoms with Crippen molar-refractivity contribution < 1.29 is 9.53 Å². The van der Waals surface area contributed by atoms with E-state index in [-0.39, 0.29) is 5.78 Å². The number of hydrogen-bond donors (Lipinski definition) is 0. The third-order valence-corrected chi connectivity index (χ3v) is 7.24. The lowest BCUT2D eigenvalue weighted by atomic mass is 9.86. The minimum Gasteiger partial charge on any atom is -0.492 e.